The Labute approximate surface area is 135 Å². The third-order valence-corrected chi connectivity index (χ3v) is 4.24. The minimum absolute atomic E-state index is 0. The first-order valence-electron chi connectivity index (χ1n) is 6.48. The predicted molar refractivity (Wildman–Crippen MR) is 85.8 cm³/mol. The molecule has 112 valence electrons. The van der Waals surface area contributed by atoms with Crippen LogP contribution in [0.4, 0.5) is 0 Å². The molecule has 20 heavy (non-hydrogen) atoms. The van der Waals surface area contributed by atoms with Crippen molar-refractivity contribution in [1.29, 1.82) is 0 Å². The topological polar surface area (TPSA) is 55.1 Å². The smallest absolute Gasteiger partial charge is 0.223 e. The molecule has 0 bridgehead atoms. The van der Waals surface area contributed by atoms with Crippen molar-refractivity contribution in [3.8, 4) is 0 Å². The van der Waals surface area contributed by atoms with Crippen LogP contribution in [-0.2, 0) is 4.79 Å². The van der Waals surface area contributed by atoms with Gasteiger partial charge in [-0.15, -0.1) is 12.4 Å². The Bertz CT molecular complexity index is 479. The summed E-state index contributed by atoms with van der Waals surface area (Å²) in [6, 6.07) is 5.67. The maximum absolute atomic E-state index is 11.9. The van der Waals surface area contributed by atoms with Crippen LogP contribution in [0.15, 0.2) is 18.2 Å². The van der Waals surface area contributed by atoms with Gasteiger partial charge in [-0.2, -0.15) is 0 Å². The molecule has 0 radical (unpaired) electrons. The van der Waals surface area contributed by atoms with E-state index in [-0.39, 0.29) is 36.2 Å². The van der Waals surface area contributed by atoms with Crippen molar-refractivity contribution in [1.82, 2.24) is 5.32 Å². The van der Waals surface area contributed by atoms with Gasteiger partial charge in [-0.1, -0.05) is 35.3 Å². The second kappa shape index (κ2) is 7.51. The molecule has 1 saturated carbocycles. The van der Waals surface area contributed by atoms with Crippen LogP contribution < -0.4 is 11.1 Å². The summed E-state index contributed by atoms with van der Waals surface area (Å²) in [5, 5.41) is 4.03. The van der Waals surface area contributed by atoms with E-state index in [9.17, 15) is 4.79 Å². The highest BCUT2D eigenvalue weighted by Crippen LogP contribution is 2.50. The van der Waals surface area contributed by atoms with Crippen LogP contribution >= 0.6 is 35.6 Å². The van der Waals surface area contributed by atoms with Gasteiger partial charge in [-0.05, 0) is 37.3 Å². The lowest BCUT2D eigenvalue weighted by Gasteiger charge is -2.08. The minimum atomic E-state index is 0. The zero-order chi connectivity index (χ0) is 14.0. The zero-order valence-electron chi connectivity index (χ0n) is 11.2. The van der Waals surface area contributed by atoms with Crippen molar-refractivity contribution < 1.29 is 4.79 Å². The number of hydrogen-bond donors (Lipinski definition) is 2. The molecule has 0 heterocycles. The lowest BCUT2D eigenvalue weighted by Crippen LogP contribution is -2.30. The molecule has 3 atom stereocenters. The number of nitrogens with one attached hydrogen (secondary N) is 1. The van der Waals surface area contributed by atoms with Gasteiger partial charge in [-0.3, -0.25) is 4.79 Å². The van der Waals surface area contributed by atoms with Gasteiger partial charge in [0.2, 0.25) is 5.91 Å². The average molecular weight is 338 g/mol. The van der Waals surface area contributed by atoms with Crippen molar-refractivity contribution in [3.63, 3.8) is 0 Å². The summed E-state index contributed by atoms with van der Waals surface area (Å²) in [5.74, 6) is 0.298. The number of nitrogens with two attached hydrogens (primary N) is 1. The molecule has 1 aliphatic carbocycles. The molecule has 3 N–H and O–H groups in total. The Morgan fingerprint density at radius 1 is 1.50 bits per heavy atom. The Balaban J connectivity index is 0.00000200. The molecular formula is C14H19Cl3N2O. The van der Waals surface area contributed by atoms with Gasteiger partial charge in [0.15, 0.2) is 0 Å². The number of hydrogen-bond acceptors (Lipinski definition) is 2. The molecule has 0 spiro atoms. The molecule has 0 saturated heterocycles. The van der Waals surface area contributed by atoms with Gasteiger partial charge < -0.3 is 11.1 Å². The molecule has 3 unspecified atom stereocenters. The van der Waals surface area contributed by atoms with Crippen LogP contribution in [0.2, 0.25) is 10.0 Å². The second-order valence-corrected chi connectivity index (χ2v) is 5.93. The number of halogens is 3. The van der Waals surface area contributed by atoms with Crippen molar-refractivity contribution in [2.45, 2.75) is 31.7 Å². The summed E-state index contributed by atoms with van der Waals surface area (Å²) >= 11 is 12.1. The highest BCUT2D eigenvalue weighted by Gasteiger charge is 2.44. The van der Waals surface area contributed by atoms with Crippen LogP contribution in [0.5, 0.6) is 0 Å². The fraction of sp³-hybridized carbons (Fsp3) is 0.500. The quantitative estimate of drug-likeness (QED) is 0.865. The van der Waals surface area contributed by atoms with Crippen molar-refractivity contribution in [2.75, 3.05) is 6.54 Å². The predicted octanol–water partition coefficient (Wildman–Crippen LogP) is 3.37. The summed E-state index contributed by atoms with van der Waals surface area (Å²) in [6.45, 7) is 2.56. The normalized spacial score (nSPS) is 21.8. The van der Waals surface area contributed by atoms with Gasteiger partial charge in [0.25, 0.3) is 0 Å². The molecule has 1 aromatic rings. The fourth-order valence-electron chi connectivity index (χ4n) is 2.19. The van der Waals surface area contributed by atoms with E-state index in [2.05, 4.69) is 5.32 Å². The first-order valence-corrected chi connectivity index (χ1v) is 7.23. The number of rotatable bonds is 5. The molecule has 1 amide bonds. The van der Waals surface area contributed by atoms with Crippen LogP contribution in [0, 0.1) is 5.92 Å². The summed E-state index contributed by atoms with van der Waals surface area (Å²) in [5.41, 5.74) is 6.62. The third-order valence-electron chi connectivity index (χ3n) is 3.41. The Morgan fingerprint density at radius 2 is 2.20 bits per heavy atom. The van der Waals surface area contributed by atoms with Crippen molar-refractivity contribution in [3.05, 3.63) is 33.8 Å². The first kappa shape index (κ1) is 17.6. The maximum Gasteiger partial charge on any atom is 0.223 e. The highest BCUT2D eigenvalue weighted by atomic mass is 35.5. The zero-order valence-corrected chi connectivity index (χ0v) is 13.6. The molecule has 2 rings (SSSR count). The van der Waals surface area contributed by atoms with E-state index in [1.54, 1.807) is 6.07 Å². The molecule has 3 nitrogen and oxygen atoms in total. The molecule has 6 heteroatoms. The SMILES string of the molecule is CC(N)CCNC(=O)C1CC1c1cccc(Cl)c1Cl.Cl. The van der Waals surface area contributed by atoms with E-state index in [0.717, 1.165) is 18.4 Å². The summed E-state index contributed by atoms with van der Waals surface area (Å²) in [7, 11) is 0. The van der Waals surface area contributed by atoms with E-state index in [1.807, 2.05) is 19.1 Å². The average Bonchev–Trinajstić information content (AvgIpc) is 3.12. The number of carbonyl (C=O) groups is 1. The minimum Gasteiger partial charge on any atom is -0.356 e. The van der Waals surface area contributed by atoms with Gasteiger partial charge in [-0.25, -0.2) is 0 Å². The molecule has 0 aliphatic heterocycles. The number of benzene rings is 1. The largest absolute Gasteiger partial charge is 0.356 e. The lowest BCUT2D eigenvalue weighted by molar-refractivity contribution is -0.122. The van der Waals surface area contributed by atoms with E-state index >= 15 is 0 Å². The third kappa shape index (κ3) is 4.26. The molecular weight excluding hydrogens is 319 g/mol. The fourth-order valence-corrected chi connectivity index (χ4v) is 2.64. The summed E-state index contributed by atoms with van der Waals surface area (Å²) < 4.78 is 0. The van der Waals surface area contributed by atoms with Crippen LogP contribution in [-0.4, -0.2) is 18.5 Å². The van der Waals surface area contributed by atoms with Crippen LogP contribution in [0.25, 0.3) is 0 Å². The Morgan fingerprint density at radius 3 is 2.85 bits per heavy atom. The van der Waals surface area contributed by atoms with Gasteiger partial charge in [0.05, 0.1) is 10.0 Å². The molecule has 1 aliphatic rings. The Kier molecular flexibility index (Phi) is 6.59. The molecule has 1 fully saturated rings. The van der Waals surface area contributed by atoms with Gasteiger partial charge in [0, 0.05) is 18.5 Å². The number of amides is 1. The van der Waals surface area contributed by atoms with E-state index in [4.69, 9.17) is 28.9 Å². The lowest BCUT2D eigenvalue weighted by atomic mass is 10.1. The van der Waals surface area contributed by atoms with Crippen molar-refractivity contribution >= 4 is 41.5 Å². The Hall–Kier alpha value is -0.480. The number of carbonyl (C=O) groups excluding carboxylic acids is 1. The second-order valence-electron chi connectivity index (χ2n) is 5.15. The summed E-state index contributed by atoms with van der Waals surface area (Å²) in [6.07, 6.45) is 1.63. The van der Waals surface area contributed by atoms with Crippen LogP contribution in [0.1, 0.15) is 31.2 Å². The highest BCUT2D eigenvalue weighted by molar-refractivity contribution is 6.42. The maximum atomic E-state index is 11.9. The summed E-state index contributed by atoms with van der Waals surface area (Å²) in [4.78, 5) is 11.9. The van der Waals surface area contributed by atoms with E-state index < -0.39 is 0 Å². The monoisotopic (exact) mass is 336 g/mol. The molecule has 1 aromatic carbocycles. The standard InChI is InChI=1S/C14H18Cl2N2O.ClH/c1-8(17)5-6-18-14(19)11-7-10(11)9-3-2-4-12(15)13(9)16;/h2-4,8,10-11H,5-7,17H2,1H3,(H,18,19);1H. The van der Waals surface area contributed by atoms with Crippen LogP contribution in [0.3, 0.4) is 0 Å². The van der Waals surface area contributed by atoms with E-state index in [0.29, 0.717) is 16.6 Å². The van der Waals surface area contributed by atoms with Gasteiger partial charge in [0.1, 0.15) is 0 Å². The molecule has 0 aromatic heterocycles. The van der Waals surface area contributed by atoms with Gasteiger partial charge >= 0.3 is 0 Å². The van der Waals surface area contributed by atoms with E-state index in [1.165, 1.54) is 0 Å². The first-order chi connectivity index (χ1) is 9.00. The van der Waals surface area contributed by atoms with Crippen molar-refractivity contribution in [2.24, 2.45) is 11.7 Å².